The van der Waals surface area contributed by atoms with Gasteiger partial charge < -0.3 is 19.6 Å². The van der Waals surface area contributed by atoms with Gasteiger partial charge in [-0.3, -0.25) is 4.79 Å². The number of nitrogens with zero attached hydrogens (tertiary/aromatic N) is 3. The van der Waals surface area contributed by atoms with Gasteiger partial charge in [0.15, 0.2) is 15.0 Å². The fraction of sp³-hybridized carbons (Fsp3) is 0.385. The Morgan fingerprint density at radius 1 is 1.03 bits per heavy atom. The predicted molar refractivity (Wildman–Crippen MR) is 146 cm³/mol. The van der Waals surface area contributed by atoms with Crippen molar-refractivity contribution in [3.05, 3.63) is 60.3 Å². The first kappa shape index (κ1) is 27.6. The molecule has 0 bridgehead atoms. The molecule has 1 aliphatic heterocycles. The van der Waals surface area contributed by atoms with Crippen molar-refractivity contribution in [2.45, 2.75) is 26.8 Å². The summed E-state index contributed by atoms with van der Waals surface area (Å²) in [5.74, 6) is -0.0688. The molecule has 2 heterocycles. The van der Waals surface area contributed by atoms with Gasteiger partial charge in [-0.15, -0.1) is 0 Å². The molecule has 1 N–H and O–H groups in total. The molecule has 3 aromatic rings. The zero-order valence-corrected chi connectivity index (χ0v) is 23.8. The van der Waals surface area contributed by atoms with Crippen molar-refractivity contribution >= 4 is 42.1 Å². The second-order valence-electron chi connectivity index (χ2n) is 9.93. The lowest BCUT2D eigenvalue weighted by atomic mass is 10.1. The third-order valence-corrected chi connectivity index (χ3v) is 11.5. The lowest BCUT2D eigenvalue weighted by molar-refractivity contribution is 0.0739. The molecule has 0 unspecified atom stereocenters. The molecule has 1 amide bonds. The molecular weight excluding hydrogens is 563 g/mol. The summed E-state index contributed by atoms with van der Waals surface area (Å²) in [5.41, 5.74) is -0.146. The maximum Gasteiger partial charge on any atom is 0.257 e. The first-order valence-corrected chi connectivity index (χ1v) is 16.6. The number of amides is 1. The zero-order chi connectivity index (χ0) is 27.8. The van der Waals surface area contributed by atoms with E-state index >= 15 is 0 Å². The fourth-order valence-electron chi connectivity index (χ4n) is 4.30. The molecule has 0 spiro atoms. The Morgan fingerprint density at radius 2 is 1.72 bits per heavy atom. The van der Waals surface area contributed by atoms with Crippen LogP contribution in [-0.4, -0.2) is 83.4 Å². The van der Waals surface area contributed by atoms with Gasteiger partial charge in [-0.1, -0.05) is 29.5 Å². The third-order valence-electron chi connectivity index (χ3n) is 7.06. The Kier molecular flexibility index (Phi) is 7.44. The SMILES string of the molecule is CS(=O)(=O)c1ccc(OCC2(CO)CC2)c(C(=O)N2CCN(c3ncc(S(=O)(=O)c4ccccc4)s3)CC2)c1. The van der Waals surface area contributed by atoms with Gasteiger partial charge in [-0.05, 0) is 43.2 Å². The van der Waals surface area contributed by atoms with Crippen molar-refractivity contribution in [1.82, 2.24) is 9.88 Å². The van der Waals surface area contributed by atoms with Crippen molar-refractivity contribution in [2.24, 2.45) is 5.41 Å². The summed E-state index contributed by atoms with van der Waals surface area (Å²) in [6.07, 6.45) is 4.11. The minimum absolute atomic E-state index is 0.00915. The summed E-state index contributed by atoms with van der Waals surface area (Å²) < 4.78 is 56.3. The van der Waals surface area contributed by atoms with Crippen molar-refractivity contribution in [3.8, 4) is 5.75 Å². The highest BCUT2D eigenvalue weighted by Crippen LogP contribution is 2.45. The van der Waals surface area contributed by atoms with E-state index in [0.717, 1.165) is 30.4 Å². The van der Waals surface area contributed by atoms with E-state index in [2.05, 4.69) is 4.98 Å². The molecule has 0 radical (unpaired) electrons. The molecule has 1 aromatic heterocycles. The van der Waals surface area contributed by atoms with E-state index in [1.165, 1.54) is 24.4 Å². The molecule has 1 saturated heterocycles. The summed E-state index contributed by atoms with van der Waals surface area (Å²) in [4.78, 5) is 21.6. The Morgan fingerprint density at radius 3 is 2.33 bits per heavy atom. The summed E-state index contributed by atoms with van der Waals surface area (Å²) >= 11 is 1.09. The molecule has 1 saturated carbocycles. The van der Waals surface area contributed by atoms with Gasteiger partial charge in [-0.25, -0.2) is 21.8 Å². The number of anilines is 1. The monoisotopic (exact) mass is 591 g/mol. The normalized spacial score (nSPS) is 17.2. The van der Waals surface area contributed by atoms with Crippen LogP contribution in [0.1, 0.15) is 23.2 Å². The molecule has 0 atom stereocenters. The van der Waals surface area contributed by atoms with Gasteiger partial charge in [0.2, 0.25) is 9.84 Å². The van der Waals surface area contributed by atoms with Crippen molar-refractivity contribution in [2.75, 3.05) is 50.5 Å². The second kappa shape index (κ2) is 10.5. The molecule has 5 rings (SSSR count). The fourth-order valence-corrected chi connectivity index (χ4v) is 7.54. The molecule has 13 heteroatoms. The summed E-state index contributed by atoms with van der Waals surface area (Å²) in [6, 6.07) is 12.4. The number of aliphatic hydroxyl groups is 1. The maximum atomic E-state index is 13.5. The topological polar surface area (TPSA) is 134 Å². The van der Waals surface area contributed by atoms with Crippen LogP contribution in [-0.2, 0) is 19.7 Å². The Hall–Kier alpha value is -3.00. The van der Waals surface area contributed by atoms with Crippen molar-refractivity contribution in [3.63, 3.8) is 0 Å². The quantitative estimate of drug-likeness (QED) is 0.398. The number of benzene rings is 2. The van der Waals surface area contributed by atoms with Crippen LogP contribution >= 0.6 is 11.3 Å². The number of sulfone groups is 2. The van der Waals surface area contributed by atoms with Crippen molar-refractivity contribution in [1.29, 1.82) is 0 Å². The second-order valence-corrected chi connectivity index (χ2v) is 15.1. The largest absolute Gasteiger partial charge is 0.492 e. The zero-order valence-electron chi connectivity index (χ0n) is 21.3. The average Bonchev–Trinajstić information content (AvgIpc) is 3.55. The number of carbonyl (C=O) groups excluding carboxylic acids is 1. The predicted octanol–water partition coefficient (Wildman–Crippen LogP) is 2.49. The summed E-state index contributed by atoms with van der Waals surface area (Å²) in [6.45, 7) is 1.77. The van der Waals surface area contributed by atoms with Crippen LogP contribution in [0.4, 0.5) is 5.13 Å². The number of aliphatic hydroxyl groups excluding tert-OH is 1. The number of rotatable bonds is 9. The highest BCUT2D eigenvalue weighted by Gasteiger charge is 2.43. The minimum Gasteiger partial charge on any atom is -0.492 e. The smallest absolute Gasteiger partial charge is 0.257 e. The molecule has 10 nitrogen and oxygen atoms in total. The number of aromatic nitrogens is 1. The Balaban J connectivity index is 1.30. The minimum atomic E-state index is -3.67. The van der Waals surface area contributed by atoms with Crippen molar-refractivity contribution < 1.29 is 31.5 Å². The third kappa shape index (κ3) is 5.81. The summed E-state index contributed by atoms with van der Waals surface area (Å²) in [5, 5.41) is 10.2. The number of carbonyl (C=O) groups is 1. The van der Waals surface area contributed by atoms with Gasteiger partial charge in [0.05, 0.1) is 34.8 Å². The number of hydrogen-bond acceptors (Lipinski definition) is 10. The van der Waals surface area contributed by atoms with Gasteiger partial charge in [0.1, 0.15) is 9.96 Å². The lowest BCUT2D eigenvalue weighted by Gasteiger charge is -2.35. The standard InChI is InChI=1S/C26H29N3O7S3/c1-38(32,33)20-7-8-22(36-18-26(17-30)9-10-26)21(15-20)24(31)28-11-13-29(14-12-28)25-27-16-23(37-25)39(34,35)19-5-3-2-4-6-19/h2-8,15-16,30H,9-14,17-18H2,1H3. The summed E-state index contributed by atoms with van der Waals surface area (Å²) in [7, 11) is -7.21. The van der Waals surface area contributed by atoms with Crippen LogP contribution in [0.3, 0.4) is 0 Å². The number of hydrogen-bond donors (Lipinski definition) is 1. The Bertz CT molecular complexity index is 1580. The first-order valence-electron chi connectivity index (χ1n) is 12.4. The van der Waals surface area contributed by atoms with E-state index in [1.807, 2.05) is 4.90 Å². The number of piperazine rings is 1. The number of ether oxygens (including phenoxy) is 1. The van der Waals surface area contributed by atoms with Crippen LogP contribution in [0.2, 0.25) is 0 Å². The van der Waals surface area contributed by atoms with E-state index < -0.39 is 19.7 Å². The molecule has 2 aliphatic rings. The molecular formula is C26H29N3O7S3. The first-order chi connectivity index (χ1) is 18.5. The van der Waals surface area contributed by atoms with E-state index in [9.17, 15) is 26.7 Å². The molecule has 39 heavy (non-hydrogen) atoms. The maximum absolute atomic E-state index is 13.5. The van der Waals surface area contributed by atoms with Crippen LogP contribution in [0.25, 0.3) is 0 Å². The Labute approximate surface area is 231 Å². The molecule has 2 fully saturated rings. The van der Waals surface area contributed by atoms with Crippen LogP contribution < -0.4 is 9.64 Å². The van der Waals surface area contributed by atoms with Crippen LogP contribution in [0.15, 0.2) is 68.7 Å². The molecule has 208 valence electrons. The van der Waals surface area contributed by atoms with Crippen LogP contribution in [0, 0.1) is 5.41 Å². The average molecular weight is 592 g/mol. The highest BCUT2D eigenvalue weighted by atomic mass is 32.2. The van der Waals surface area contributed by atoms with Gasteiger partial charge in [-0.2, -0.15) is 0 Å². The van der Waals surface area contributed by atoms with Gasteiger partial charge in [0.25, 0.3) is 5.91 Å². The van der Waals surface area contributed by atoms with E-state index in [0.29, 0.717) is 31.3 Å². The molecule has 2 aromatic carbocycles. The number of thiazole rings is 1. The van der Waals surface area contributed by atoms with E-state index in [-0.39, 0.29) is 49.8 Å². The highest BCUT2D eigenvalue weighted by molar-refractivity contribution is 7.93. The van der Waals surface area contributed by atoms with Crippen LogP contribution in [0.5, 0.6) is 5.75 Å². The van der Waals surface area contributed by atoms with Gasteiger partial charge >= 0.3 is 0 Å². The van der Waals surface area contributed by atoms with E-state index in [4.69, 9.17) is 4.74 Å². The van der Waals surface area contributed by atoms with E-state index in [1.54, 1.807) is 35.2 Å². The molecule has 1 aliphatic carbocycles. The lowest BCUT2D eigenvalue weighted by Crippen LogP contribution is -2.48. The van der Waals surface area contributed by atoms with Gasteiger partial charge in [0, 0.05) is 37.8 Å².